The molecule has 7 heteroatoms. The van der Waals surface area contributed by atoms with Gasteiger partial charge in [0.25, 0.3) is 5.91 Å². The molecule has 0 bridgehead atoms. The Kier molecular flexibility index (Phi) is 5.48. The number of para-hydroxylation sites is 1. The fraction of sp³-hybridized carbons (Fsp3) is 0.182. The number of hydrogen-bond donors (Lipinski definition) is 0. The third-order valence-corrected chi connectivity index (χ3v) is 5.66. The standard InChI is InChI=1S/C22H20N2O4S/c1-15-10-11-18(26-2)20-21(15)29-22(23-20)24(13-17-9-6-12-27-17)19(25)14-28-16-7-4-3-5-8-16/h3-12H,13-14H2,1-2H3. The number of amides is 1. The Morgan fingerprint density at radius 2 is 1.97 bits per heavy atom. The number of ether oxygens (including phenoxy) is 2. The molecule has 0 spiro atoms. The van der Waals surface area contributed by atoms with Crippen LogP contribution in [0.25, 0.3) is 10.2 Å². The molecule has 4 aromatic rings. The number of furan rings is 1. The highest BCUT2D eigenvalue weighted by Gasteiger charge is 2.23. The van der Waals surface area contributed by atoms with Crippen molar-refractivity contribution in [1.82, 2.24) is 4.98 Å². The molecule has 0 saturated carbocycles. The number of thiazole rings is 1. The lowest BCUT2D eigenvalue weighted by molar-refractivity contribution is -0.120. The SMILES string of the molecule is COc1ccc(C)c2sc(N(Cc3ccco3)C(=O)COc3ccccc3)nc12. The second-order valence-electron chi connectivity index (χ2n) is 6.42. The Hall–Kier alpha value is -3.32. The number of fused-ring (bicyclic) bond motifs is 1. The van der Waals surface area contributed by atoms with Crippen molar-refractivity contribution in [1.29, 1.82) is 0 Å². The predicted molar refractivity (Wildman–Crippen MR) is 113 cm³/mol. The van der Waals surface area contributed by atoms with E-state index in [-0.39, 0.29) is 19.1 Å². The number of benzene rings is 2. The van der Waals surface area contributed by atoms with Crippen LogP contribution >= 0.6 is 11.3 Å². The average molecular weight is 408 g/mol. The van der Waals surface area contributed by atoms with Crippen LogP contribution in [0.2, 0.25) is 0 Å². The van der Waals surface area contributed by atoms with E-state index in [1.165, 1.54) is 11.3 Å². The number of rotatable bonds is 7. The van der Waals surface area contributed by atoms with Gasteiger partial charge in [-0.15, -0.1) is 0 Å². The molecule has 148 valence electrons. The van der Waals surface area contributed by atoms with Gasteiger partial charge in [-0.1, -0.05) is 35.6 Å². The smallest absolute Gasteiger partial charge is 0.267 e. The molecule has 0 aliphatic rings. The Bertz CT molecular complexity index is 1110. The fourth-order valence-corrected chi connectivity index (χ4v) is 4.01. The largest absolute Gasteiger partial charge is 0.494 e. The van der Waals surface area contributed by atoms with Gasteiger partial charge in [0.1, 0.15) is 22.8 Å². The van der Waals surface area contributed by atoms with Gasteiger partial charge in [0.05, 0.1) is 24.6 Å². The monoisotopic (exact) mass is 408 g/mol. The van der Waals surface area contributed by atoms with Crippen molar-refractivity contribution in [2.75, 3.05) is 18.6 Å². The van der Waals surface area contributed by atoms with Crippen molar-refractivity contribution in [3.05, 3.63) is 72.2 Å². The maximum Gasteiger partial charge on any atom is 0.267 e. The van der Waals surface area contributed by atoms with Gasteiger partial charge in [-0.05, 0) is 42.8 Å². The maximum atomic E-state index is 13.1. The van der Waals surface area contributed by atoms with Crippen LogP contribution in [-0.4, -0.2) is 24.6 Å². The molecule has 0 unspecified atom stereocenters. The first-order chi connectivity index (χ1) is 14.2. The minimum absolute atomic E-state index is 0.100. The molecule has 0 radical (unpaired) electrons. The van der Waals surface area contributed by atoms with Crippen LogP contribution in [0.5, 0.6) is 11.5 Å². The van der Waals surface area contributed by atoms with Crippen molar-refractivity contribution in [3.8, 4) is 11.5 Å². The van der Waals surface area contributed by atoms with Gasteiger partial charge in [-0.25, -0.2) is 4.98 Å². The molecule has 1 amide bonds. The van der Waals surface area contributed by atoms with Crippen LogP contribution < -0.4 is 14.4 Å². The summed E-state index contributed by atoms with van der Waals surface area (Å²) < 4.78 is 17.6. The van der Waals surface area contributed by atoms with E-state index in [1.807, 2.05) is 55.5 Å². The number of anilines is 1. The topological polar surface area (TPSA) is 64.8 Å². The van der Waals surface area contributed by atoms with Crippen LogP contribution in [0.1, 0.15) is 11.3 Å². The Balaban J connectivity index is 1.66. The van der Waals surface area contributed by atoms with E-state index in [0.29, 0.717) is 22.4 Å². The van der Waals surface area contributed by atoms with Gasteiger partial charge >= 0.3 is 0 Å². The molecule has 0 atom stereocenters. The van der Waals surface area contributed by atoms with Crippen molar-refractivity contribution in [2.45, 2.75) is 13.5 Å². The van der Waals surface area contributed by atoms with E-state index < -0.39 is 0 Å². The second kappa shape index (κ2) is 8.36. The molecule has 0 aliphatic heterocycles. The van der Waals surface area contributed by atoms with E-state index >= 15 is 0 Å². The first-order valence-corrected chi connectivity index (χ1v) is 9.92. The van der Waals surface area contributed by atoms with Gasteiger partial charge in [0.15, 0.2) is 11.7 Å². The second-order valence-corrected chi connectivity index (χ2v) is 7.40. The lowest BCUT2D eigenvalue weighted by atomic mass is 10.2. The lowest BCUT2D eigenvalue weighted by Gasteiger charge is -2.19. The zero-order valence-corrected chi connectivity index (χ0v) is 16.9. The highest BCUT2D eigenvalue weighted by Crippen LogP contribution is 2.37. The third kappa shape index (κ3) is 4.09. The van der Waals surface area contributed by atoms with E-state index in [0.717, 1.165) is 15.8 Å². The van der Waals surface area contributed by atoms with Crippen LogP contribution in [-0.2, 0) is 11.3 Å². The lowest BCUT2D eigenvalue weighted by Crippen LogP contribution is -2.34. The molecule has 6 nitrogen and oxygen atoms in total. The number of carbonyl (C=O) groups is 1. The van der Waals surface area contributed by atoms with E-state index in [1.54, 1.807) is 24.3 Å². The van der Waals surface area contributed by atoms with Gasteiger partial charge in [0.2, 0.25) is 0 Å². The number of aryl methyl sites for hydroxylation is 1. The summed E-state index contributed by atoms with van der Waals surface area (Å²) in [4.78, 5) is 19.3. The zero-order chi connectivity index (χ0) is 20.2. The van der Waals surface area contributed by atoms with E-state index in [4.69, 9.17) is 18.9 Å². The van der Waals surface area contributed by atoms with Crippen molar-refractivity contribution in [2.24, 2.45) is 0 Å². The minimum atomic E-state index is -0.207. The highest BCUT2D eigenvalue weighted by atomic mass is 32.1. The summed E-state index contributed by atoms with van der Waals surface area (Å²) in [6.07, 6.45) is 1.59. The summed E-state index contributed by atoms with van der Waals surface area (Å²) in [6, 6.07) is 16.8. The molecule has 2 heterocycles. The summed E-state index contributed by atoms with van der Waals surface area (Å²) in [6.45, 7) is 2.18. The van der Waals surface area contributed by atoms with Crippen LogP contribution in [0.3, 0.4) is 0 Å². The molecule has 0 N–H and O–H groups in total. The number of methoxy groups -OCH3 is 1. The highest BCUT2D eigenvalue weighted by molar-refractivity contribution is 7.22. The summed E-state index contributed by atoms with van der Waals surface area (Å²) in [5, 5.41) is 0.575. The van der Waals surface area contributed by atoms with Crippen LogP contribution in [0.15, 0.2) is 65.3 Å². The average Bonchev–Trinajstić information content (AvgIpc) is 3.42. The molecular formula is C22H20N2O4S. The summed E-state index contributed by atoms with van der Waals surface area (Å²) in [7, 11) is 1.61. The molecule has 0 fully saturated rings. The number of aromatic nitrogens is 1. The maximum absolute atomic E-state index is 13.1. The first-order valence-electron chi connectivity index (χ1n) is 9.10. The van der Waals surface area contributed by atoms with Crippen molar-refractivity contribution >= 4 is 32.6 Å². The van der Waals surface area contributed by atoms with Gasteiger partial charge in [-0.2, -0.15) is 0 Å². The Morgan fingerprint density at radius 3 is 2.69 bits per heavy atom. The predicted octanol–water partition coefficient (Wildman–Crippen LogP) is 4.82. The first kappa shape index (κ1) is 19.0. The molecule has 2 aromatic heterocycles. The number of hydrogen-bond acceptors (Lipinski definition) is 6. The van der Waals surface area contributed by atoms with E-state index in [2.05, 4.69) is 0 Å². The number of nitrogens with zero attached hydrogens (tertiary/aromatic N) is 2. The van der Waals surface area contributed by atoms with Gasteiger partial charge < -0.3 is 13.9 Å². The Morgan fingerprint density at radius 1 is 1.14 bits per heavy atom. The van der Waals surface area contributed by atoms with Crippen molar-refractivity contribution < 1.29 is 18.7 Å². The number of carbonyl (C=O) groups excluding carboxylic acids is 1. The minimum Gasteiger partial charge on any atom is -0.494 e. The molecule has 4 rings (SSSR count). The summed E-state index contributed by atoms with van der Waals surface area (Å²) in [5.41, 5.74) is 1.82. The molecule has 0 aliphatic carbocycles. The van der Waals surface area contributed by atoms with Crippen LogP contribution in [0, 0.1) is 6.92 Å². The Labute approximate surface area is 172 Å². The summed E-state index contributed by atoms with van der Waals surface area (Å²) in [5.74, 6) is 1.78. The molecule has 2 aromatic carbocycles. The fourth-order valence-electron chi connectivity index (χ4n) is 2.94. The van der Waals surface area contributed by atoms with Gasteiger partial charge in [0, 0.05) is 0 Å². The van der Waals surface area contributed by atoms with Gasteiger partial charge in [-0.3, -0.25) is 9.69 Å². The molecule has 29 heavy (non-hydrogen) atoms. The van der Waals surface area contributed by atoms with Crippen molar-refractivity contribution in [3.63, 3.8) is 0 Å². The quantitative estimate of drug-likeness (QED) is 0.439. The van der Waals surface area contributed by atoms with E-state index in [9.17, 15) is 4.79 Å². The summed E-state index contributed by atoms with van der Waals surface area (Å²) >= 11 is 1.45. The molecular weight excluding hydrogens is 388 g/mol. The van der Waals surface area contributed by atoms with Crippen LogP contribution in [0.4, 0.5) is 5.13 Å². The normalized spacial score (nSPS) is 10.8. The molecule has 0 saturated heterocycles. The zero-order valence-electron chi connectivity index (χ0n) is 16.1. The third-order valence-electron chi connectivity index (χ3n) is 4.44.